The largest absolute Gasteiger partial charge is 0.480 e. The molecule has 2 N–H and O–H groups in total. The molecule has 1 aliphatic heterocycles. The molecule has 1 aromatic carbocycles. The molecule has 118 valence electrons. The lowest BCUT2D eigenvalue weighted by molar-refractivity contribution is -0.384. The normalized spacial score (nSPS) is 15.4. The van der Waals surface area contributed by atoms with Gasteiger partial charge >= 0.3 is 5.97 Å². The number of nitrogens with zero attached hydrogens (tertiary/aromatic N) is 2. The van der Waals surface area contributed by atoms with Gasteiger partial charge in [-0.3, -0.25) is 19.7 Å². The van der Waals surface area contributed by atoms with Gasteiger partial charge in [0.25, 0.3) is 11.6 Å². The molecular formula is C14H17N3O5. The van der Waals surface area contributed by atoms with Crippen molar-refractivity contribution >= 4 is 23.3 Å². The summed E-state index contributed by atoms with van der Waals surface area (Å²) in [5.41, 5.74) is 0.422. The Morgan fingerprint density at radius 1 is 1.36 bits per heavy atom. The first-order valence-electron chi connectivity index (χ1n) is 6.97. The Kier molecular flexibility index (Phi) is 4.59. The molecule has 0 bridgehead atoms. The molecule has 1 fully saturated rings. The maximum atomic E-state index is 12.0. The molecule has 1 atom stereocenters. The van der Waals surface area contributed by atoms with Gasteiger partial charge in [0.1, 0.15) is 11.7 Å². The lowest BCUT2D eigenvalue weighted by Crippen LogP contribution is -2.38. The highest BCUT2D eigenvalue weighted by Crippen LogP contribution is 2.31. The quantitative estimate of drug-likeness (QED) is 0.628. The van der Waals surface area contributed by atoms with Crippen LogP contribution in [0, 0.1) is 10.1 Å². The van der Waals surface area contributed by atoms with E-state index in [1.54, 1.807) is 6.07 Å². The summed E-state index contributed by atoms with van der Waals surface area (Å²) >= 11 is 0. The van der Waals surface area contributed by atoms with E-state index in [4.69, 9.17) is 5.11 Å². The van der Waals surface area contributed by atoms with Gasteiger partial charge in [0.15, 0.2) is 0 Å². The monoisotopic (exact) mass is 307 g/mol. The number of carboxylic acids is 1. The first-order chi connectivity index (χ1) is 10.4. The number of rotatable bonds is 5. The number of carboxylic acid groups (broad SMARTS) is 1. The lowest BCUT2D eigenvalue weighted by atomic mass is 10.1. The van der Waals surface area contributed by atoms with Crippen molar-refractivity contribution in [3.63, 3.8) is 0 Å². The minimum Gasteiger partial charge on any atom is -0.480 e. The number of hydrogen-bond acceptors (Lipinski definition) is 5. The van der Waals surface area contributed by atoms with Gasteiger partial charge in [0.2, 0.25) is 0 Å². The number of nitro benzene ring substituents is 1. The molecule has 0 aliphatic carbocycles. The number of hydrogen-bond donors (Lipinski definition) is 2. The molecule has 1 aliphatic rings. The fraction of sp³-hybridized carbons (Fsp3) is 0.429. The van der Waals surface area contributed by atoms with E-state index in [9.17, 15) is 19.7 Å². The highest BCUT2D eigenvalue weighted by Gasteiger charge is 2.24. The number of benzene rings is 1. The van der Waals surface area contributed by atoms with Gasteiger partial charge in [0, 0.05) is 24.7 Å². The molecule has 0 radical (unpaired) electrons. The summed E-state index contributed by atoms with van der Waals surface area (Å²) in [6.45, 7) is 2.83. The Morgan fingerprint density at radius 3 is 2.55 bits per heavy atom. The fourth-order valence-corrected chi connectivity index (χ4v) is 2.38. The van der Waals surface area contributed by atoms with Gasteiger partial charge in [-0.2, -0.15) is 0 Å². The molecule has 2 rings (SSSR count). The first kappa shape index (κ1) is 15.7. The number of amides is 1. The van der Waals surface area contributed by atoms with Crippen LogP contribution in [-0.4, -0.2) is 41.0 Å². The zero-order valence-corrected chi connectivity index (χ0v) is 12.1. The molecule has 1 amide bonds. The fourth-order valence-electron chi connectivity index (χ4n) is 2.38. The molecule has 1 heterocycles. The van der Waals surface area contributed by atoms with E-state index in [0.29, 0.717) is 5.69 Å². The van der Waals surface area contributed by atoms with Gasteiger partial charge in [-0.1, -0.05) is 0 Å². The molecule has 22 heavy (non-hydrogen) atoms. The van der Waals surface area contributed by atoms with Crippen LogP contribution in [0.2, 0.25) is 0 Å². The maximum Gasteiger partial charge on any atom is 0.325 e. The number of nitrogens with one attached hydrogen (secondary N) is 1. The highest BCUT2D eigenvalue weighted by molar-refractivity contribution is 5.97. The number of aliphatic carboxylic acids is 1. The summed E-state index contributed by atoms with van der Waals surface area (Å²) in [6.07, 6.45) is 1.96. The van der Waals surface area contributed by atoms with E-state index in [-0.39, 0.29) is 11.3 Å². The average molecular weight is 307 g/mol. The molecule has 0 aromatic heterocycles. The van der Waals surface area contributed by atoms with Crippen LogP contribution in [0.3, 0.4) is 0 Å². The van der Waals surface area contributed by atoms with Crippen LogP contribution >= 0.6 is 0 Å². The molecule has 0 spiro atoms. The van der Waals surface area contributed by atoms with E-state index >= 15 is 0 Å². The number of carbonyl (C=O) groups excluding carboxylic acids is 1. The third kappa shape index (κ3) is 3.33. The number of carbonyl (C=O) groups is 2. The van der Waals surface area contributed by atoms with Gasteiger partial charge in [-0.05, 0) is 31.9 Å². The summed E-state index contributed by atoms with van der Waals surface area (Å²) in [7, 11) is 0. The van der Waals surface area contributed by atoms with Crippen LogP contribution in [-0.2, 0) is 4.79 Å². The van der Waals surface area contributed by atoms with Crippen molar-refractivity contribution in [3.05, 3.63) is 33.9 Å². The van der Waals surface area contributed by atoms with Gasteiger partial charge in [-0.25, -0.2) is 0 Å². The molecule has 0 saturated carbocycles. The van der Waals surface area contributed by atoms with E-state index in [1.165, 1.54) is 19.1 Å². The van der Waals surface area contributed by atoms with Gasteiger partial charge in [0.05, 0.1) is 4.92 Å². The van der Waals surface area contributed by atoms with Crippen LogP contribution in [0.5, 0.6) is 0 Å². The molecule has 8 nitrogen and oxygen atoms in total. The third-order valence-electron chi connectivity index (χ3n) is 3.60. The first-order valence-corrected chi connectivity index (χ1v) is 6.97. The standard InChI is InChI=1S/C14H17N3O5/c1-9(14(19)20)15-13(18)10-4-5-11(12(8-10)17(21)22)16-6-2-3-7-16/h4-5,8-9H,2-3,6-7H2,1H3,(H,15,18)(H,19,20)/t9-/m0/s1. The number of nitro groups is 1. The minimum atomic E-state index is -1.17. The van der Waals surface area contributed by atoms with Gasteiger partial charge < -0.3 is 15.3 Å². The van der Waals surface area contributed by atoms with Crippen molar-refractivity contribution in [2.45, 2.75) is 25.8 Å². The minimum absolute atomic E-state index is 0.0720. The second-order valence-corrected chi connectivity index (χ2v) is 5.19. The van der Waals surface area contributed by atoms with E-state index in [1.807, 2.05) is 4.90 Å². The Morgan fingerprint density at radius 2 is 2.00 bits per heavy atom. The van der Waals surface area contributed by atoms with Crippen molar-refractivity contribution in [1.29, 1.82) is 0 Å². The smallest absolute Gasteiger partial charge is 0.325 e. The molecule has 1 aromatic rings. The highest BCUT2D eigenvalue weighted by atomic mass is 16.6. The van der Waals surface area contributed by atoms with E-state index in [2.05, 4.69) is 5.32 Å². The third-order valence-corrected chi connectivity index (χ3v) is 3.60. The lowest BCUT2D eigenvalue weighted by Gasteiger charge is -2.18. The van der Waals surface area contributed by atoms with Crippen LogP contribution in [0.4, 0.5) is 11.4 Å². The summed E-state index contributed by atoms with van der Waals surface area (Å²) in [5, 5.41) is 22.3. The van der Waals surface area contributed by atoms with Crippen molar-refractivity contribution in [2.75, 3.05) is 18.0 Å². The molecule has 1 saturated heterocycles. The van der Waals surface area contributed by atoms with Crippen LogP contribution in [0.25, 0.3) is 0 Å². The summed E-state index contributed by atoms with van der Waals surface area (Å²) in [6, 6.07) is 3.15. The van der Waals surface area contributed by atoms with Crippen LogP contribution in [0.15, 0.2) is 18.2 Å². The average Bonchev–Trinajstić information content (AvgIpc) is 3.00. The Bertz CT molecular complexity index is 610. The van der Waals surface area contributed by atoms with Crippen molar-refractivity contribution < 1.29 is 19.6 Å². The van der Waals surface area contributed by atoms with Crippen molar-refractivity contribution in [1.82, 2.24) is 5.32 Å². The zero-order chi connectivity index (χ0) is 16.3. The Hall–Kier alpha value is -2.64. The number of anilines is 1. The second-order valence-electron chi connectivity index (χ2n) is 5.19. The Labute approximate surface area is 126 Å². The summed E-state index contributed by atoms with van der Waals surface area (Å²) in [4.78, 5) is 35.3. The van der Waals surface area contributed by atoms with E-state index < -0.39 is 22.8 Å². The zero-order valence-electron chi connectivity index (χ0n) is 12.1. The van der Waals surface area contributed by atoms with Crippen LogP contribution < -0.4 is 10.2 Å². The predicted octanol–water partition coefficient (Wildman–Crippen LogP) is 1.40. The molecule has 0 unspecified atom stereocenters. The van der Waals surface area contributed by atoms with Gasteiger partial charge in [-0.15, -0.1) is 0 Å². The van der Waals surface area contributed by atoms with Crippen molar-refractivity contribution in [2.24, 2.45) is 0 Å². The Balaban J connectivity index is 2.27. The second kappa shape index (κ2) is 6.42. The summed E-state index contributed by atoms with van der Waals surface area (Å²) < 4.78 is 0. The maximum absolute atomic E-state index is 12.0. The predicted molar refractivity (Wildman–Crippen MR) is 79.1 cm³/mol. The molecular weight excluding hydrogens is 290 g/mol. The van der Waals surface area contributed by atoms with E-state index in [0.717, 1.165) is 25.9 Å². The summed E-state index contributed by atoms with van der Waals surface area (Å²) in [5.74, 6) is -1.82. The van der Waals surface area contributed by atoms with Crippen LogP contribution in [0.1, 0.15) is 30.1 Å². The van der Waals surface area contributed by atoms with Crippen molar-refractivity contribution in [3.8, 4) is 0 Å². The topological polar surface area (TPSA) is 113 Å². The SMILES string of the molecule is C[C@H](NC(=O)c1ccc(N2CCCC2)c([N+](=O)[O-])c1)C(=O)O. The molecule has 8 heteroatoms.